The predicted octanol–water partition coefficient (Wildman–Crippen LogP) is 2.06. The molecule has 1 aromatic heterocycles. The van der Waals surface area contributed by atoms with Crippen LogP contribution in [0.15, 0.2) is 6.07 Å². The molecule has 118 valence electrons. The van der Waals surface area contributed by atoms with E-state index in [0.29, 0.717) is 18.5 Å². The maximum absolute atomic E-state index is 5.69. The highest BCUT2D eigenvalue weighted by Gasteiger charge is 2.25. The SMILES string of the molecule is CCCNc1cc(N2CC(C)OCC2C)nc(COC)n1. The number of methoxy groups -OCH3 is 1. The van der Waals surface area contributed by atoms with Crippen molar-refractivity contribution in [1.29, 1.82) is 0 Å². The molecule has 6 nitrogen and oxygen atoms in total. The molecule has 2 atom stereocenters. The van der Waals surface area contributed by atoms with Crippen LogP contribution in [-0.2, 0) is 16.1 Å². The number of morpholine rings is 1. The monoisotopic (exact) mass is 294 g/mol. The van der Waals surface area contributed by atoms with Gasteiger partial charge in [-0.15, -0.1) is 0 Å². The molecule has 0 spiro atoms. The molecule has 0 aromatic carbocycles. The van der Waals surface area contributed by atoms with Crippen molar-refractivity contribution >= 4 is 11.6 Å². The molecule has 0 radical (unpaired) electrons. The van der Waals surface area contributed by atoms with E-state index < -0.39 is 0 Å². The van der Waals surface area contributed by atoms with Gasteiger partial charge < -0.3 is 19.7 Å². The molecular formula is C15H26N4O2. The van der Waals surface area contributed by atoms with Crippen molar-refractivity contribution in [3.05, 3.63) is 11.9 Å². The number of hydrogen-bond acceptors (Lipinski definition) is 6. The molecule has 6 heteroatoms. The maximum atomic E-state index is 5.69. The van der Waals surface area contributed by atoms with E-state index in [-0.39, 0.29) is 6.10 Å². The van der Waals surface area contributed by atoms with Crippen LogP contribution < -0.4 is 10.2 Å². The van der Waals surface area contributed by atoms with Crippen LogP contribution >= 0.6 is 0 Å². The average Bonchev–Trinajstić information content (AvgIpc) is 2.48. The zero-order valence-electron chi connectivity index (χ0n) is 13.4. The van der Waals surface area contributed by atoms with Crippen molar-refractivity contribution in [3.8, 4) is 0 Å². The van der Waals surface area contributed by atoms with Crippen molar-refractivity contribution in [2.45, 2.75) is 45.9 Å². The minimum atomic E-state index is 0.217. The van der Waals surface area contributed by atoms with Crippen molar-refractivity contribution in [1.82, 2.24) is 9.97 Å². The number of nitrogens with zero attached hydrogens (tertiary/aromatic N) is 3. The molecule has 0 amide bonds. The highest BCUT2D eigenvalue weighted by atomic mass is 16.5. The molecule has 21 heavy (non-hydrogen) atoms. The van der Waals surface area contributed by atoms with E-state index in [1.165, 1.54) is 0 Å². The summed E-state index contributed by atoms with van der Waals surface area (Å²) in [6, 6.07) is 2.33. The summed E-state index contributed by atoms with van der Waals surface area (Å²) in [5.41, 5.74) is 0. The summed E-state index contributed by atoms with van der Waals surface area (Å²) < 4.78 is 10.9. The molecule has 0 saturated carbocycles. The first-order valence-corrected chi connectivity index (χ1v) is 7.63. The Bertz CT molecular complexity index is 455. The first kappa shape index (κ1) is 16.0. The topological polar surface area (TPSA) is 59.5 Å². The van der Waals surface area contributed by atoms with Crippen LogP contribution in [0.25, 0.3) is 0 Å². The van der Waals surface area contributed by atoms with Gasteiger partial charge in [0.25, 0.3) is 0 Å². The van der Waals surface area contributed by atoms with Gasteiger partial charge in [0.05, 0.1) is 18.8 Å². The second-order valence-corrected chi connectivity index (χ2v) is 5.53. The van der Waals surface area contributed by atoms with Crippen LogP contribution in [0.1, 0.15) is 33.0 Å². The van der Waals surface area contributed by atoms with Gasteiger partial charge in [-0.2, -0.15) is 0 Å². The van der Waals surface area contributed by atoms with Gasteiger partial charge in [-0.05, 0) is 20.3 Å². The fourth-order valence-corrected chi connectivity index (χ4v) is 2.39. The third-order valence-electron chi connectivity index (χ3n) is 3.49. The highest BCUT2D eigenvalue weighted by molar-refractivity contribution is 5.50. The Labute approximate surface area is 126 Å². The van der Waals surface area contributed by atoms with Gasteiger partial charge in [-0.25, -0.2) is 9.97 Å². The van der Waals surface area contributed by atoms with E-state index in [4.69, 9.17) is 9.47 Å². The Morgan fingerprint density at radius 2 is 2.24 bits per heavy atom. The molecule has 2 unspecified atom stereocenters. The fraction of sp³-hybridized carbons (Fsp3) is 0.733. The fourth-order valence-electron chi connectivity index (χ4n) is 2.39. The predicted molar refractivity (Wildman–Crippen MR) is 83.7 cm³/mol. The van der Waals surface area contributed by atoms with Crippen molar-refractivity contribution in [3.63, 3.8) is 0 Å². The summed E-state index contributed by atoms with van der Waals surface area (Å²) in [4.78, 5) is 11.4. The molecule has 1 N–H and O–H groups in total. The summed E-state index contributed by atoms with van der Waals surface area (Å²) in [5, 5.41) is 3.33. The number of rotatable bonds is 6. The van der Waals surface area contributed by atoms with Crippen LogP contribution in [0.5, 0.6) is 0 Å². The smallest absolute Gasteiger partial charge is 0.158 e. The van der Waals surface area contributed by atoms with Gasteiger partial charge in [-0.3, -0.25) is 0 Å². The van der Waals surface area contributed by atoms with Gasteiger partial charge in [0.1, 0.15) is 18.2 Å². The molecule has 1 aromatic rings. The highest BCUT2D eigenvalue weighted by Crippen LogP contribution is 2.22. The van der Waals surface area contributed by atoms with Gasteiger partial charge in [0.15, 0.2) is 5.82 Å². The molecule has 1 saturated heterocycles. The van der Waals surface area contributed by atoms with E-state index in [2.05, 4.69) is 41.0 Å². The molecule has 0 bridgehead atoms. The van der Waals surface area contributed by atoms with E-state index >= 15 is 0 Å². The Kier molecular flexibility index (Phi) is 5.76. The Hall–Kier alpha value is -1.40. The zero-order chi connectivity index (χ0) is 15.2. The number of anilines is 2. The van der Waals surface area contributed by atoms with Crippen molar-refractivity contribution in [2.75, 3.05) is 37.0 Å². The molecule has 0 aliphatic carbocycles. The van der Waals surface area contributed by atoms with E-state index in [1.54, 1.807) is 7.11 Å². The van der Waals surface area contributed by atoms with E-state index in [9.17, 15) is 0 Å². The lowest BCUT2D eigenvalue weighted by molar-refractivity contribution is 0.0340. The van der Waals surface area contributed by atoms with E-state index in [0.717, 1.165) is 37.8 Å². The lowest BCUT2D eigenvalue weighted by Gasteiger charge is -2.37. The lowest BCUT2D eigenvalue weighted by Crippen LogP contribution is -2.47. The summed E-state index contributed by atoms with van der Waals surface area (Å²) in [7, 11) is 1.66. The Balaban J connectivity index is 2.25. The molecule has 1 fully saturated rings. The summed E-state index contributed by atoms with van der Waals surface area (Å²) in [5.74, 6) is 2.51. The van der Waals surface area contributed by atoms with Gasteiger partial charge in [-0.1, -0.05) is 6.92 Å². The third-order valence-corrected chi connectivity index (χ3v) is 3.49. The number of ether oxygens (including phenoxy) is 2. The first-order chi connectivity index (χ1) is 10.1. The third kappa shape index (κ3) is 4.28. The van der Waals surface area contributed by atoms with Crippen LogP contribution in [0.4, 0.5) is 11.6 Å². The largest absolute Gasteiger partial charge is 0.377 e. The molecule has 2 heterocycles. The Morgan fingerprint density at radius 1 is 1.43 bits per heavy atom. The quantitative estimate of drug-likeness (QED) is 0.866. The van der Waals surface area contributed by atoms with Crippen LogP contribution in [0.3, 0.4) is 0 Å². The standard InChI is InChI=1S/C15H26N4O2/c1-5-6-16-13-7-15(18-14(17-13)10-20-4)19-8-12(3)21-9-11(19)2/h7,11-12H,5-6,8-10H2,1-4H3,(H,16,17,18). The van der Waals surface area contributed by atoms with Gasteiger partial charge >= 0.3 is 0 Å². The van der Waals surface area contributed by atoms with Crippen molar-refractivity contribution < 1.29 is 9.47 Å². The van der Waals surface area contributed by atoms with Crippen LogP contribution in [0.2, 0.25) is 0 Å². The van der Waals surface area contributed by atoms with Gasteiger partial charge in [0.2, 0.25) is 0 Å². The molecule has 2 rings (SSSR count). The number of nitrogens with one attached hydrogen (secondary N) is 1. The maximum Gasteiger partial charge on any atom is 0.158 e. The van der Waals surface area contributed by atoms with E-state index in [1.807, 2.05) is 6.07 Å². The molecule has 1 aliphatic rings. The lowest BCUT2D eigenvalue weighted by atomic mass is 10.2. The first-order valence-electron chi connectivity index (χ1n) is 7.63. The second kappa shape index (κ2) is 7.56. The second-order valence-electron chi connectivity index (χ2n) is 5.53. The number of hydrogen-bond donors (Lipinski definition) is 1. The average molecular weight is 294 g/mol. The molecular weight excluding hydrogens is 268 g/mol. The summed E-state index contributed by atoms with van der Waals surface area (Å²) in [6.07, 6.45) is 1.28. The van der Waals surface area contributed by atoms with Crippen LogP contribution in [-0.4, -0.2) is 48.9 Å². The summed E-state index contributed by atoms with van der Waals surface area (Å²) in [6.45, 7) is 9.27. The Morgan fingerprint density at radius 3 is 2.95 bits per heavy atom. The number of aromatic nitrogens is 2. The van der Waals surface area contributed by atoms with Crippen molar-refractivity contribution in [2.24, 2.45) is 0 Å². The van der Waals surface area contributed by atoms with Gasteiger partial charge in [0, 0.05) is 26.3 Å². The minimum Gasteiger partial charge on any atom is -0.377 e. The normalized spacial score (nSPS) is 22.4. The summed E-state index contributed by atoms with van der Waals surface area (Å²) >= 11 is 0. The minimum absolute atomic E-state index is 0.217. The molecule has 1 aliphatic heterocycles. The van der Waals surface area contributed by atoms with Crippen LogP contribution in [0, 0.1) is 0 Å². The zero-order valence-corrected chi connectivity index (χ0v) is 13.4.